The van der Waals surface area contributed by atoms with Crippen LogP contribution in [-0.4, -0.2) is 43.8 Å². The number of piperidine rings is 1. The molecular weight excluding hydrogens is 240 g/mol. The van der Waals surface area contributed by atoms with Crippen molar-refractivity contribution in [1.29, 1.82) is 0 Å². The molecule has 1 amide bonds. The summed E-state index contributed by atoms with van der Waals surface area (Å²) < 4.78 is 5.16. The molecule has 1 N–H and O–H groups in total. The number of nitrogens with zero attached hydrogens (tertiary/aromatic N) is 1. The van der Waals surface area contributed by atoms with Gasteiger partial charge in [-0.25, -0.2) is 4.79 Å². The van der Waals surface area contributed by atoms with Gasteiger partial charge in [-0.2, -0.15) is 0 Å². The maximum absolute atomic E-state index is 11.4. The smallest absolute Gasteiger partial charge is 0.407 e. The van der Waals surface area contributed by atoms with Crippen molar-refractivity contribution < 1.29 is 9.53 Å². The van der Waals surface area contributed by atoms with Crippen molar-refractivity contribution in [1.82, 2.24) is 10.2 Å². The highest BCUT2D eigenvalue weighted by Gasteiger charge is 2.09. The third-order valence-electron chi connectivity index (χ3n) is 3.60. The van der Waals surface area contributed by atoms with Gasteiger partial charge in [0.1, 0.15) is 0 Å². The number of carbonyl (C=O) groups excluding carboxylic acids is 1. The van der Waals surface area contributed by atoms with Crippen LogP contribution in [0.2, 0.25) is 0 Å². The summed E-state index contributed by atoms with van der Waals surface area (Å²) in [5.74, 6) is 0. The monoisotopic (exact) mass is 270 g/mol. The Morgan fingerprint density at radius 3 is 2.63 bits per heavy atom. The largest absolute Gasteiger partial charge is 0.450 e. The van der Waals surface area contributed by atoms with Crippen molar-refractivity contribution in [3.63, 3.8) is 0 Å². The minimum atomic E-state index is -0.254. The number of alkyl carbamates (subject to hydrolysis) is 1. The van der Waals surface area contributed by atoms with E-state index in [1.165, 1.54) is 51.6 Å². The fourth-order valence-corrected chi connectivity index (χ4v) is 2.43. The standard InChI is InChI=1S/C15H30N2O2/c1-2-3-4-6-10-16-15(18)19-14-9-13-17-11-7-5-8-12-17/h2-14H2,1H3,(H,16,18). The fraction of sp³-hybridized carbons (Fsp3) is 0.933. The topological polar surface area (TPSA) is 41.6 Å². The van der Waals surface area contributed by atoms with Gasteiger partial charge in [0.25, 0.3) is 0 Å². The zero-order chi connectivity index (χ0) is 13.8. The number of amides is 1. The van der Waals surface area contributed by atoms with Crippen LogP contribution < -0.4 is 5.32 Å². The predicted octanol–water partition coefficient (Wildman–Crippen LogP) is 3.17. The summed E-state index contributed by atoms with van der Waals surface area (Å²) in [5.41, 5.74) is 0. The van der Waals surface area contributed by atoms with Crippen molar-refractivity contribution in [2.75, 3.05) is 32.8 Å². The van der Waals surface area contributed by atoms with Gasteiger partial charge in [0.2, 0.25) is 0 Å². The molecule has 1 heterocycles. The van der Waals surface area contributed by atoms with Gasteiger partial charge in [-0.3, -0.25) is 0 Å². The van der Waals surface area contributed by atoms with Crippen LogP contribution in [0, 0.1) is 0 Å². The van der Waals surface area contributed by atoms with Gasteiger partial charge in [0, 0.05) is 13.1 Å². The zero-order valence-corrected chi connectivity index (χ0v) is 12.5. The molecule has 0 unspecified atom stereocenters. The Labute approximate surface area is 117 Å². The second-order valence-electron chi connectivity index (χ2n) is 5.38. The summed E-state index contributed by atoms with van der Waals surface area (Å²) in [6.07, 6.45) is 9.40. The summed E-state index contributed by atoms with van der Waals surface area (Å²) >= 11 is 0. The van der Waals surface area contributed by atoms with E-state index >= 15 is 0 Å². The van der Waals surface area contributed by atoms with Gasteiger partial charge in [0.05, 0.1) is 6.61 Å². The molecule has 4 nitrogen and oxygen atoms in total. The lowest BCUT2D eigenvalue weighted by atomic mass is 10.1. The van der Waals surface area contributed by atoms with Crippen molar-refractivity contribution in [3.8, 4) is 0 Å². The van der Waals surface area contributed by atoms with E-state index in [9.17, 15) is 4.79 Å². The maximum atomic E-state index is 11.4. The zero-order valence-electron chi connectivity index (χ0n) is 12.5. The molecular formula is C15H30N2O2. The van der Waals surface area contributed by atoms with Crippen molar-refractivity contribution in [2.45, 2.75) is 58.3 Å². The SMILES string of the molecule is CCCCCCNC(=O)OCCCN1CCCCC1. The van der Waals surface area contributed by atoms with Gasteiger partial charge < -0.3 is 15.0 Å². The molecule has 1 rings (SSSR count). The number of rotatable bonds is 9. The van der Waals surface area contributed by atoms with Crippen molar-refractivity contribution >= 4 is 6.09 Å². The van der Waals surface area contributed by atoms with Crippen LogP contribution in [0.5, 0.6) is 0 Å². The van der Waals surface area contributed by atoms with E-state index in [0.29, 0.717) is 6.61 Å². The van der Waals surface area contributed by atoms with E-state index in [2.05, 4.69) is 17.1 Å². The number of hydrogen-bond donors (Lipinski definition) is 1. The Bertz CT molecular complexity index is 228. The Morgan fingerprint density at radius 1 is 1.11 bits per heavy atom. The molecule has 0 aliphatic carbocycles. The number of ether oxygens (including phenoxy) is 1. The first-order valence-corrected chi connectivity index (χ1v) is 7.96. The first-order valence-electron chi connectivity index (χ1n) is 7.96. The van der Waals surface area contributed by atoms with Crippen LogP contribution in [0.4, 0.5) is 4.79 Å². The molecule has 0 aromatic heterocycles. The van der Waals surface area contributed by atoms with Crippen LogP contribution in [-0.2, 0) is 4.74 Å². The van der Waals surface area contributed by atoms with Crippen molar-refractivity contribution in [3.05, 3.63) is 0 Å². The number of nitrogens with one attached hydrogen (secondary N) is 1. The molecule has 1 saturated heterocycles. The van der Waals surface area contributed by atoms with E-state index in [4.69, 9.17) is 4.74 Å². The predicted molar refractivity (Wildman–Crippen MR) is 78.4 cm³/mol. The van der Waals surface area contributed by atoms with E-state index in [0.717, 1.165) is 25.9 Å². The highest BCUT2D eigenvalue weighted by atomic mass is 16.5. The van der Waals surface area contributed by atoms with Crippen LogP contribution in [0.25, 0.3) is 0 Å². The quantitative estimate of drug-likeness (QED) is 0.654. The average Bonchev–Trinajstić information content (AvgIpc) is 2.44. The number of likely N-dealkylation sites (tertiary alicyclic amines) is 1. The molecule has 0 aromatic rings. The maximum Gasteiger partial charge on any atom is 0.407 e. The highest BCUT2D eigenvalue weighted by molar-refractivity contribution is 5.66. The molecule has 0 radical (unpaired) electrons. The molecule has 19 heavy (non-hydrogen) atoms. The molecule has 0 bridgehead atoms. The van der Waals surface area contributed by atoms with Crippen molar-refractivity contribution in [2.24, 2.45) is 0 Å². The molecule has 0 spiro atoms. The van der Waals surface area contributed by atoms with E-state index < -0.39 is 0 Å². The van der Waals surface area contributed by atoms with E-state index in [1.807, 2.05) is 0 Å². The summed E-state index contributed by atoms with van der Waals surface area (Å²) in [6.45, 7) is 6.95. The van der Waals surface area contributed by atoms with Gasteiger partial charge >= 0.3 is 6.09 Å². The normalized spacial score (nSPS) is 16.3. The number of unbranched alkanes of at least 4 members (excludes halogenated alkanes) is 3. The molecule has 112 valence electrons. The molecule has 1 aliphatic rings. The molecule has 0 aromatic carbocycles. The van der Waals surface area contributed by atoms with Crippen LogP contribution in [0.15, 0.2) is 0 Å². The second kappa shape index (κ2) is 11.1. The van der Waals surface area contributed by atoms with Gasteiger partial charge in [-0.15, -0.1) is 0 Å². The number of hydrogen-bond acceptors (Lipinski definition) is 3. The molecule has 1 fully saturated rings. The van der Waals surface area contributed by atoms with Crippen LogP contribution in [0.1, 0.15) is 58.3 Å². The fourth-order valence-electron chi connectivity index (χ4n) is 2.43. The lowest BCUT2D eigenvalue weighted by Crippen LogP contribution is -2.32. The third kappa shape index (κ3) is 8.87. The first-order chi connectivity index (χ1) is 9.33. The summed E-state index contributed by atoms with van der Waals surface area (Å²) in [6, 6.07) is 0. The molecule has 1 aliphatic heterocycles. The minimum Gasteiger partial charge on any atom is -0.450 e. The summed E-state index contributed by atoms with van der Waals surface area (Å²) in [7, 11) is 0. The third-order valence-corrected chi connectivity index (χ3v) is 3.60. The van der Waals surface area contributed by atoms with Crippen LogP contribution >= 0.6 is 0 Å². The van der Waals surface area contributed by atoms with Gasteiger partial charge in [-0.05, 0) is 38.8 Å². The van der Waals surface area contributed by atoms with Gasteiger partial charge in [-0.1, -0.05) is 32.6 Å². The number of carbonyl (C=O) groups is 1. The Morgan fingerprint density at radius 2 is 1.89 bits per heavy atom. The summed E-state index contributed by atoms with van der Waals surface area (Å²) in [4.78, 5) is 13.8. The van der Waals surface area contributed by atoms with E-state index in [-0.39, 0.29) is 6.09 Å². The highest BCUT2D eigenvalue weighted by Crippen LogP contribution is 2.08. The molecule has 0 atom stereocenters. The lowest BCUT2D eigenvalue weighted by molar-refractivity contribution is 0.135. The van der Waals surface area contributed by atoms with Crippen LogP contribution in [0.3, 0.4) is 0 Å². The Hall–Kier alpha value is -0.770. The van der Waals surface area contributed by atoms with Gasteiger partial charge in [0.15, 0.2) is 0 Å². The lowest BCUT2D eigenvalue weighted by Gasteiger charge is -2.26. The first kappa shape index (κ1) is 16.3. The van der Waals surface area contributed by atoms with E-state index in [1.54, 1.807) is 0 Å². The molecule has 0 saturated carbocycles. The second-order valence-corrected chi connectivity index (χ2v) is 5.38. The minimum absolute atomic E-state index is 0.254. The summed E-state index contributed by atoms with van der Waals surface area (Å²) in [5, 5.41) is 2.81. The Balaban J connectivity index is 1.86. The Kier molecular flexibility index (Phi) is 9.51. The average molecular weight is 270 g/mol. The molecule has 4 heteroatoms.